The summed E-state index contributed by atoms with van der Waals surface area (Å²) in [5.41, 5.74) is 2.83. The first-order valence-corrected chi connectivity index (χ1v) is 9.29. The topological polar surface area (TPSA) is 93.5 Å². The summed E-state index contributed by atoms with van der Waals surface area (Å²) >= 11 is 5.83. The molecule has 0 saturated carbocycles. The highest BCUT2D eigenvalue weighted by atomic mass is 35.5. The van der Waals surface area contributed by atoms with E-state index in [-0.39, 0.29) is 24.3 Å². The zero-order valence-corrected chi connectivity index (χ0v) is 16.7. The molecule has 0 spiro atoms. The Hall–Kier alpha value is -3.32. The lowest BCUT2D eigenvalue weighted by Crippen LogP contribution is -2.26. The monoisotopic (exact) mass is 413 g/mol. The molecule has 7 nitrogen and oxygen atoms in total. The number of carbonyl (C=O) groups excluding carboxylic acids is 2. The van der Waals surface area contributed by atoms with Crippen LogP contribution in [0.4, 0.5) is 10.5 Å². The van der Waals surface area contributed by atoms with E-state index in [1.807, 2.05) is 19.1 Å². The third kappa shape index (κ3) is 5.58. The van der Waals surface area contributed by atoms with Crippen molar-refractivity contribution in [3.05, 3.63) is 82.5 Å². The molecule has 0 radical (unpaired) electrons. The Morgan fingerprint density at radius 2 is 1.83 bits per heavy atom. The summed E-state index contributed by atoms with van der Waals surface area (Å²) in [4.78, 5) is 28.1. The lowest BCUT2D eigenvalue weighted by atomic mass is 10.1. The third-order valence-electron chi connectivity index (χ3n) is 4.24. The minimum absolute atomic E-state index is 0.144. The van der Waals surface area contributed by atoms with Crippen LogP contribution in [-0.4, -0.2) is 17.0 Å². The maximum Gasteiger partial charge on any atom is 0.411 e. The maximum atomic E-state index is 12.2. The number of anilines is 1. The number of hydrogen-bond acceptors (Lipinski definition) is 5. The number of halogens is 1. The van der Waals surface area contributed by atoms with Crippen LogP contribution in [0.15, 0.2) is 59.3 Å². The number of ether oxygens (including phenoxy) is 1. The molecule has 1 aromatic heterocycles. The fourth-order valence-electron chi connectivity index (χ4n) is 2.60. The second kappa shape index (κ2) is 9.25. The molecule has 0 saturated heterocycles. The molecule has 0 fully saturated rings. The normalized spacial score (nSPS) is 11.6. The second-order valence-electron chi connectivity index (χ2n) is 6.41. The van der Waals surface area contributed by atoms with Crippen LogP contribution in [0.3, 0.4) is 0 Å². The molecule has 1 atom stereocenters. The molecule has 2 amide bonds. The van der Waals surface area contributed by atoms with Crippen LogP contribution in [0.25, 0.3) is 0 Å². The minimum Gasteiger partial charge on any atom is -0.444 e. The Bertz CT molecular complexity index is 984. The smallest absolute Gasteiger partial charge is 0.411 e. The number of benzene rings is 2. The van der Waals surface area contributed by atoms with Crippen LogP contribution in [0, 0.1) is 6.92 Å². The van der Waals surface area contributed by atoms with E-state index >= 15 is 0 Å². The molecule has 1 heterocycles. The molecular weight excluding hydrogens is 394 g/mol. The van der Waals surface area contributed by atoms with Gasteiger partial charge in [-0.2, -0.15) is 0 Å². The lowest BCUT2D eigenvalue weighted by molar-refractivity contribution is 0.0911. The number of amides is 2. The van der Waals surface area contributed by atoms with Crippen LogP contribution in [0.1, 0.15) is 40.3 Å². The number of aryl methyl sites for hydroxylation is 1. The van der Waals surface area contributed by atoms with Crippen LogP contribution in [-0.2, 0) is 11.3 Å². The van der Waals surface area contributed by atoms with Gasteiger partial charge in [0.2, 0.25) is 5.76 Å². The number of nitrogens with one attached hydrogen (secondary N) is 2. The average molecular weight is 414 g/mol. The van der Waals surface area contributed by atoms with Crippen LogP contribution < -0.4 is 10.6 Å². The van der Waals surface area contributed by atoms with Gasteiger partial charge in [0.25, 0.3) is 5.91 Å². The van der Waals surface area contributed by atoms with Gasteiger partial charge in [-0.3, -0.25) is 10.1 Å². The number of oxazole rings is 1. The van der Waals surface area contributed by atoms with Gasteiger partial charge in [0, 0.05) is 10.7 Å². The summed E-state index contributed by atoms with van der Waals surface area (Å²) in [6, 6.07) is 13.9. The van der Waals surface area contributed by atoms with Crippen LogP contribution in [0.5, 0.6) is 0 Å². The Morgan fingerprint density at radius 1 is 1.14 bits per heavy atom. The van der Waals surface area contributed by atoms with Crippen LogP contribution in [0.2, 0.25) is 5.02 Å². The Morgan fingerprint density at radius 3 is 2.45 bits per heavy atom. The Kier molecular flexibility index (Phi) is 6.51. The van der Waals surface area contributed by atoms with E-state index in [1.165, 1.54) is 6.39 Å². The zero-order valence-electron chi connectivity index (χ0n) is 15.9. The predicted molar refractivity (Wildman–Crippen MR) is 109 cm³/mol. The summed E-state index contributed by atoms with van der Waals surface area (Å²) in [6.45, 7) is 3.70. The van der Waals surface area contributed by atoms with Crippen molar-refractivity contribution in [3.8, 4) is 0 Å². The molecule has 0 unspecified atom stereocenters. The molecule has 150 valence electrons. The number of carbonyl (C=O) groups is 2. The molecule has 2 aromatic carbocycles. The summed E-state index contributed by atoms with van der Waals surface area (Å²) < 4.78 is 10.3. The van der Waals surface area contributed by atoms with Crippen molar-refractivity contribution in [3.63, 3.8) is 0 Å². The molecule has 8 heteroatoms. The van der Waals surface area contributed by atoms with Crippen molar-refractivity contribution >= 4 is 29.3 Å². The van der Waals surface area contributed by atoms with Crippen molar-refractivity contribution in [2.24, 2.45) is 0 Å². The van der Waals surface area contributed by atoms with Crippen LogP contribution >= 0.6 is 11.6 Å². The van der Waals surface area contributed by atoms with Gasteiger partial charge in [-0.05, 0) is 49.2 Å². The standard InChI is InChI=1S/C21H20ClN3O4/c1-13(24-20(26)19-14(2)23-12-29-19)16-5-9-18(10-6-16)25-21(27)28-11-15-3-7-17(22)8-4-15/h3-10,12-13H,11H2,1-2H3,(H,24,26)(H,25,27)/t13-/m0/s1. The third-order valence-corrected chi connectivity index (χ3v) is 4.49. The number of rotatable bonds is 6. The highest BCUT2D eigenvalue weighted by Gasteiger charge is 2.17. The Balaban J connectivity index is 1.51. The van der Waals surface area contributed by atoms with E-state index in [0.717, 1.165) is 11.1 Å². The number of aromatic nitrogens is 1. The average Bonchev–Trinajstić information content (AvgIpc) is 3.14. The van der Waals surface area contributed by atoms with Gasteiger partial charge in [0.15, 0.2) is 6.39 Å². The predicted octanol–water partition coefficient (Wildman–Crippen LogP) is 4.88. The van der Waals surface area contributed by atoms with Crippen molar-refractivity contribution < 1.29 is 18.7 Å². The molecule has 3 aromatic rings. The fraction of sp³-hybridized carbons (Fsp3) is 0.190. The van der Waals surface area contributed by atoms with E-state index in [1.54, 1.807) is 43.3 Å². The molecule has 0 bridgehead atoms. The summed E-state index contributed by atoms with van der Waals surface area (Å²) in [6.07, 6.45) is 0.677. The van der Waals surface area contributed by atoms with Gasteiger partial charge in [-0.15, -0.1) is 0 Å². The van der Waals surface area contributed by atoms with E-state index < -0.39 is 6.09 Å². The molecule has 0 aliphatic heterocycles. The molecular formula is C21H20ClN3O4. The van der Waals surface area contributed by atoms with Crippen molar-refractivity contribution in [2.75, 3.05) is 5.32 Å². The van der Waals surface area contributed by atoms with Gasteiger partial charge < -0.3 is 14.5 Å². The van der Waals surface area contributed by atoms with E-state index in [9.17, 15) is 9.59 Å². The van der Waals surface area contributed by atoms with E-state index in [2.05, 4.69) is 15.6 Å². The molecule has 0 aliphatic carbocycles. The highest BCUT2D eigenvalue weighted by Crippen LogP contribution is 2.18. The van der Waals surface area contributed by atoms with E-state index in [0.29, 0.717) is 16.4 Å². The van der Waals surface area contributed by atoms with Crippen molar-refractivity contribution in [1.29, 1.82) is 0 Å². The van der Waals surface area contributed by atoms with E-state index in [4.69, 9.17) is 20.8 Å². The first kappa shape index (κ1) is 20.4. The SMILES string of the molecule is Cc1ncoc1C(=O)N[C@@H](C)c1ccc(NC(=O)OCc2ccc(Cl)cc2)cc1. The highest BCUT2D eigenvalue weighted by molar-refractivity contribution is 6.30. The largest absolute Gasteiger partial charge is 0.444 e. The molecule has 2 N–H and O–H groups in total. The molecule has 3 rings (SSSR count). The number of nitrogens with zero attached hydrogens (tertiary/aromatic N) is 1. The quantitative estimate of drug-likeness (QED) is 0.600. The lowest BCUT2D eigenvalue weighted by Gasteiger charge is -2.14. The van der Waals surface area contributed by atoms with Gasteiger partial charge in [0.1, 0.15) is 6.61 Å². The summed E-state index contributed by atoms with van der Waals surface area (Å²) in [5, 5.41) is 6.14. The minimum atomic E-state index is -0.560. The zero-order chi connectivity index (χ0) is 20.8. The van der Waals surface area contributed by atoms with Crippen molar-refractivity contribution in [1.82, 2.24) is 10.3 Å². The molecule has 29 heavy (non-hydrogen) atoms. The molecule has 0 aliphatic rings. The first-order chi connectivity index (χ1) is 13.9. The van der Waals surface area contributed by atoms with Gasteiger partial charge in [-0.1, -0.05) is 35.9 Å². The summed E-state index contributed by atoms with van der Waals surface area (Å²) in [7, 11) is 0. The first-order valence-electron chi connectivity index (χ1n) is 8.91. The number of hydrogen-bond donors (Lipinski definition) is 2. The maximum absolute atomic E-state index is 12.2. The second-order valence-corrected chi connectivity index (χ2v) is 6.85. The van der Waals surface area contributed by atoms with Gasteiger partial charge in [0.05, 0.1) is 11.7 Å². The van der Waals surface area contributed by atoms with Crippen molar-refractivity contribution in [2.45, 2.75) is 26.5 Å². The van der Waals surface area contributed by atoms with Gasteiger partial charge in [-0.25, -0.2) is 9.78 Å². The van der Waals surface area contributed by atoms with Gasteiger partial charge >= 0.3 is 6.09 Å². The fourth-order valence-corrected chi connectivity index (χ4v) is 2.73. The Labute approximate surface area is 173 Å². The summed E-state index contributed by atoms with van der Waals surface area (Å²) in [5.74, 6) is -0.140.